The predicted octanol–water partition coefficient (Wildman–Crippen LogP) is 0.933. The van der Waals surface area contributed by atoms with Gasteiger partial charge in [-0.15, -0.1) is 0 Å². The summed E-state index contributed by atoms with van der Waals surface area (Å²) in [6.07, 6.45) is 3.04. The first-order valence-corrected chi connectivity index (χ1v) is 13.2. The standard InChI is InChI=1S/C20H33N5O4S2/c1-4-12-31(28,29)25-16(5-2)20(27)24-17(10-11-30-3)19(26)23-13-14-6-8-15(9-7-14)18(21)22/h6-9,16-17,25H,4-5,10-13H2,1-3H3,(H3,21,22)(H,23,26)(H,24,27). The fourth-order valence-corrected chi connectivity index (χ4v) is 4.59. The normalized spacial score (nSPS) is 13.3. The molecular weight excluding hydrogens is 438 g/mol. The second-order valence-electron chi connectivity index (χ2n) is 7.07. The van der Waals surface area contributed by atoms with Crippen LogP contribution >= 0.6 is 11.8 Å². The van der Waals surface area contributed by atoms with Crippen LogP contribution < -0.4 is 21.1 Å². The van der Waals surface area contributed by atoms with E-state index in [2.05, 4.69) is 15.4 Å². The van der Waals surface area contributed by atoms with Crippen molar-refractivity contribution >= 4 is 39.4 Å². The molecule has 174 valence electrons. The maximum Gasteiger partial charge on any atom is 0.242 e. The van der Waals surface area contributed by atoms with E-state index in [4.69, 9.17) is 11.1 Å². The maximum atomic E-state index is 12.7. The van der Waals surface area contributed by atoms with Crippen molar-refractivity contribution in [1.82, 2.24) is 15.4 Å². The lowest BCUT2D eigenvalue weighted by atomic mass is 10.1. The molecule has 1 aromatic carbocycles. The lowest BCUT2D eigenvalue weighted by molar-refractivity contribution is -0.130. The van der Waals surface area contributed by atoms with E-state index in [0.717, 1.165) is 5.56 Å². The van der Waals surface area contributed by atoms with E-state index in [-0.39, 0.29) is 30.5 Å². The molecule has 0 saturated carbocycles. The second-order valence-corrected chi connectivity index (χ2v) is 9.93. The summed E-state index contributed by atoms with van der Waals surface area (Å²) in [5.74, 6) is -0.298. The Morgan fingerprint density at radius 3 is 2.29 bits per heavy atom. The van der Waals surface area contributed by atoms with Gasteiger partial charge in [0, 0.05) is 12.1 Å². The lowest BCUT2D eigenvalue weighted by Crippen LogP contribution is -2.53. The molecule has 0 saturated heterocycles. The van der Waals surface area contributed by atoms with Gasteiger partial charge in [-0.25, -0.2) is 13.1 Å². The molecule has 2 unspecified atom stereocenters. The summed E-state index contributed by atoms with van der Waals surface area (Å²) in [5, 5.41) is 12.9. The number of sulfonamides is 1. The number of thioether (sulfide) groups is 1. The Hall–Kier alpha value is -2.11. The zero-order valence-corrected chi connectivity index (χ0v) is 19.9. The monoisotopic (exact) mass is 471 g/mol. The number of nitrogen functional groups attached to an aromatic ring is 1. The predicted molar refractivity (Wildman–Crippen MR) is 126 cm³/mol. The molecule has 0 fully saturated rings. The van der Waals surface area contributed by atoms with Crippen molar-refractivity contribution in [3.63, 3.8) is 0 Å². The Balaban J connectivity index is 2.77. The van der Waals surface area contributed by atoms with Crippen LogP contribution in [-0.2, 0) is 26.2 Å². The van der Waals surface area contributed by atoms with E-state index in [9.17, 15) is 18.0 Å². The van der Waals surface area contributed by atoms with Gasteiger partial charge in [0.25, 0.3) is 0 Å². The molecule has 31 heavy (non-hydrogen) atoms. The highest BCUT2D eigenvalue weighted by Crippen LogP contribution is 2.06. The van der Waals surface area contributed by atoms with Gasteiger partial charge in [-0.1, -0.05) is 38.1 Å². The van der Waals surface area contributed by atoms with Gasteiger partial charge < -0.3 is 16.4 Å². The van der Waals surface area contributed by atoms with Gasteiger partial charge in [-0.05, 0) is 36.8 Å². The average molecular weight is 472 g/mol. The number of amidine groups is 1. The van der Waals surface area contributed by atoms with Crippen LogP contribution in [0, 0.1) is 5.41 Å². The first-order chi connectivity index (χ1) is 14.6. The van der Waals surface area contributed by atoms with Crippen LogP contribution in [0.2, 0.25) is 0 Å². The van der Waals surface area contributed by atoms with E-state index < -0.39 is 28.0 Å². The second kappa shape index (κ2) is 13.3. The Labute approximate surface area is 188 Å². The van der Waals surface area contributed by atoms with E-state index >= 15 is 0 Å². The van der Waals surface area contributed by atoms with Crippen LogP contribution in [0.4, 0.5) is 0 Å². The molecular formula is C20H33N5O4S2. The topological polar surface area (TPSA) is 154 Å². The first kappa shape index (κ1) is 26.9. The molecule has 0 aliphatic heterocycles. The highest BCUT2D eigenvalue weighted by Gasteiger charge is 2.27. The smallest absolute Gasteiger partial charge is 0.242 e. The van der Waals surface area contributed by atoms with E-state index in [1.807, 2.05) is 6.26 Å². The van der Waals surface area contributed by atoms with Crippen LogP contribution in [0.1, 0.15) is 44.2 Å². The molecule has 2 atom stereocenters. The Bertz CT molecular complexity index is 844. The van der Waals surface area contributed by atoms with Crippen molar-refractivity contribution in [3.8, 4) is 0 Å². The zero-order valence-electron chi connectivity index (χ0n) is 18.2. The number of hydrogen-bond donors (Lipinski definition) is 5. The van der Waals surface area contributed by atoms with E-state index in [1.165, 1.54) is 0 Å². The average Bonchev–Trinajstić information content (AvgIpc) is 2.73. The van der Waals surface area contributed by atoms with E-state index in [1.54, 1.807) is 49.9 Å². The lowest BCUT2D eigenvalue weighted by Gasteiger charge is -2.22. The first-order valence-electron chi connectivity index (χ1n) is 10.1. The number of carbonyl (C=O) groups excluding carboxylic acids is 2. The van der Waals surface area contributed by atoms with Gasteiger partial charge in [0.2, 0.25) is 21.8 Å². The molecule has 6 N–H and O–H groups in total. The molecule has 0 heterocycles. The number of amides is 2. The summed E-state index contributed by atoms with van der Waals surface area (Å²) < 4.78 is 26.5. The fourth-order valence-electron chi connectivity index (χ4n) is 2.76. The molecule has 1 rings (SSSR count). The van der Waals surface area contributed by atoms with Gasteiger partial charge >= 0.3 is 0 Å². The number of benzene rings is 1. The summed E-state index contributed by atoms with van der Waals surface area (Å²) in [5.41, 5.74) is 6.86. The molecule has 0 aliphatic carbocycles. The molecule has 1 aromatic rings. The van der Waals surface area contributed by atoms with Crippen molar-refractivity contribution in [1.29, 1.82) is 5.41 Å². The Morgan fingerprint density at radius 1 is 1.13 bits per heavy atom. The minimum Gasteiger partial charge on any atom is -0.384 e. The third kappa shape index (κ3) is 9.70. The molecule has 11 heteroatoms. The third-order valence-electron chi connectivity index (χ3n) is 4.49. The number of hydrogen-bond acceptors (Lipinski definition) is 6. The molecule has 0 aliphatic rings. The van der Waals surface area contributed by atoms with Gasteiger partial charge in [0.15, 0.2) is 0 Å². The number of nitrogens with two attached hydrogens (primary N) is 1. The summed E-state index contributed by atoms with van der Waals surface area (Å²) in [6.45, 7) is 3.71. The molecule has 0 spiro atoms. The SMILES string of the molecule is CCCS(=O)(=O)NC(CC)C(=O)NC(CCSC)C(=O)NCc1ccc(C(=N)N)cc1. The quantitative estimate of drug-likeness (QED) is 0.201. The molecule has 0 bridgehead atoms. The van der Waals surface area contributed by atoms with Gasteiger partial charge in [-0.3, -0.25) is 15.0 Å². The number of carbonyl (C=O) groups is 2. The minimum atomic E-state index is -3.56. The van der Waals surface area contributed by atoms with Crippen molar-refractivity contribution in [2.45, 2.75) is 51.7 Å². The Morgan fingerprint density at radius 2 is 1.77 bits per heavy atom. The van der Waals surface area contributed by atoms with Crippen molar-refractivity contribution in [3.05, 3.63) is 35.4 Å². The zero-order chi connectivity index (χ0) is 23.4. The van der Waals surface area contributed by atoms with Crippen molar-refractivity contribution in [2.24, 2.45) is 5.73 Å². The van der Waals surface area contributed by atoms with Crippen LogP contribution in [0.15, 0.2) is 24.3 Å². The van der Waals surface area contributed by atoms with Crippen LogP contribution in [0.25, 0.3) is 0 Å². The van der Waals surface area contributed by atoms with E-state index in [0.29, 0.717) is 24.2 Å². The highest BCUT2D eigenvalue weighted by atomic mass is 32.2. The van der Waals surface area contributed by atoms with Gasteiger partial charge in [0.05, 0.1) is 5.75 Å². The van der Waals surface area contributed by atoms with Crippen molar-refractivity contribution < 1.29 is 18.0 Å². The largest absolute Gasteiger partial charge is 0.384 e. The summed E-state index contributed by atoms with van der Waals surface area (Å²) in [7, 11) is -3.56. The van der Waals surface area contributed by atoms with Crippen molar-refractivity contribution in [2.75, 3.05) is 17.8 Å². The van der Waals surface area contributed by atoms with Crippen LogP contribution in [-0.4, -0.2) is 55.9 Å². The molecule has 0 radical (unpaired) electrons. The summed E-state index contributed by atoms with van der Waals surface area (Å²) >= 11 is 1.55. The maximum absolute atomic E-state index is 12.7. The van der Waals surface area contributed by atoms with Crippen LogP contribution in [0.5, 0.6) is 0 Å². The molecule has 9 nitrogen and oxygen atoms in total. The fraction of sp³-hybridized carbons (Fsp3) is 0.550. The molecule has 2 amide bonds. The summed E-state index contributed by atoms with van der Waals surface area (Å²) in [4.78, 5) is 25.4. The highest BCUT2D eigenvalue weighted by molar-refractivity contribution is 7.98. The van der Waals surface area contributed by atoms with Crippen LogP contribution in [0.3, 0.4) is 0 Å². The van der Waals surface area contributed by atoms with Gasteiger partial charge in [-0.2, -0.15) is 11.8 Å². The number of nitrogens with one attached hydrogen (secondary N) is 4. The summed E-state index contributed by atoms with van der Waals surface area (Å²) in [6, 6.07) is 5.22. The third-order valence-corrected chi connectivity index (χ3v) is 6.73. The molecule has 0 aromatic heterocycles. The number of rotatable bonds is 14. The Kier molecular flexibility index (Phi) is 11.6. The minimum absolute atomic E-state index is 0.0320. The van der Waals surface area contributed by atoms with Gasteiger partial charge in [0.1, 0.15) is 17.9 Å².